The van der Waals surface area contributed by atoms with Gasteiger partial charge in [-0.3, -0.25) is 4.68 Å². The number of thioether (sulfide) groups is 1. The number of nitrogen functional groups attached to an aromatic ring is 1. The smallest absolute Gasteiger partial charge is 0.100 e. The zero-order valence-corrected chi connectivity index (χ0v) is 21.7. The Morgan fingerprint density at radius 3 is 2.72 bits per heavy atom. The van der Waals surface area contributed by atoms with Gasteiger partial charge in [0, 0.05) is 34.9 Å². The monoisotopic (exact) mass is 503 g/mol. The topological polar surface area (TPSA) is 109 Å². The fourth-order valence-electron chi connectivity index (χ4n) is 5.60. The number of aliphatic hydroxyl groups excluding tert-OH is 1. The minimum Gasteiger partial charge on any atom is -0.396 e. The standard InChI is InChI=1S/C27H33N7OS/c1-18-23(15-31-34(18)22-9-7-21(8-10-22)32(2)11-12-35)20-13-26(27-24(29)16-30-33(27)17-20)36-25-6-4-3-5-19(25)14-28/h3-6,15-17,21-22,26,35H,7-13,29H2,1-2H3/t21-,22+,26?. The second-order valence-electron chi connectivity index (χ2n) is 9.76. The zero-order valence-electron chi connectivity index (χ0n) is 20.8. The molecule has 0 spiro atoms. The molecule has 1 fully saturated rings. The van der Waals surface area contributed by atoms with E-state index < -0.39 is 0 Å². The summed E-state index contributed by atoms with van der Waals surface area (Å²) in [6, 6.07) is 10.9. The summed E-state index contributed by atoms with van der Waals surface area (Å²) in [6.45, 7) is 3.10. The lowest BCUT2D eigenvalue weighted by molar-refractivity contribution is 0.134. The second kappa shape index (κ2) is 10.5. The molecule has 1 aromatic carbocycles. The molecule has 1 saturated carbocycles. The number of benzene rings is 1. The van der Waals surface area contributed by atoms with Gasteiger partial charge in [0.2, 0.25) is 0 Å². The number of nitrogens with zero attached hydrogens (tertiary/aromatic N) is 6. The molecule has 5 rings (SSSR count). The van der Waals surface area contributed by atoms with E-state index in [9.17, 15) is 10.4 Å². The number of likely N-dealkylation sites (N-methyl/N-ethyl adjacent to an activating group) is 1. The molecule has 3 heterocycles. The first-order valence-electron chi connectivity index (χ1n) is 12.5. The summed E-state index contributed by atoms with van der Waals surface area (Å²) < 4.78 is 4.10. The molecule has 0 radical (unpaired) electrons. The van der Waals surface area contributed by atoms with Gasteiger partial charge in [0.25, 0.3) is 0 Å². The van der Waals surface area contributed by atoms with Crippen molar-refractivity contribution in [2.75, 3.05) is 25.9 Å². The molecule has 9 heteroatoms. The molecular formula is C27H33N7OS. The number of allylic oxidation sites excluding steroid dienone is 1. The Balaban J connectivity index is 1.38. The van der Waals surface area contributed by atoms with Gasteiger partial charge in [0.05, 0.1) is 47.2 Å². The van der Waals surface area contributed by atoms with E-state index in [0.717, 1.165) is 54.8 Å². The summed E-state index contributed by atoms with van der Waals surface area (Å²) in [4.78, 5) is 3.23. The molecule has 0 bridgehead atoms. The van der Waals surface area contributed by atoms with Crippen molar-refractivity contribution in [3.63, 3.8) is 0 Å². The van der Waals surface area contributed by atoms with E-state index in [1.807, 2.05) is 35.1 Å². The van der Waals surface area contributed by atoms with Gasteiger partial charge in [0.1, 0.15) is 6.07 Å². The first kappa shape index (κ1) is 24.6. The van der Waals surface area contributed by atoms with Crippen LogP contribution in [0.1, 0.15) is 65.9 Å². The van der Waals surface area contributed by atoms with Gasteiger partial charge < -0.3 is 15.7 Å². The number of aromatic nitrogens is 4. The van der Waals surface area contributed by atoms with Gasteiger partial charge in [-0.15, -0.1) is 11.8 Å². The van der Waals surface area contributed by atoms with Crippen molar-refractivity contribution < 1.29 is 5.11 Å². The Kier molecular flexibility index (Phi) is 7.19. The largest absolute Gasteiger partial charge is 0.396 e. The Morgan fingerprint density at radius 2 is 1.97 bits per heavy atom. The fourth-order valence-corrected chi connectivity index (χ4v) is 6.92. The Hall–Kier alpha value is -3.06. The van der Waals surface area contributed by atoms with Crippen LogP contribution < -0.4 is 5.73 Å². The highest BCUT2D eigenvalue weighted by atomic mass is 32.2. The molecule has 1 aliphatic heterocycles. The lowest BCUT2D eigenvalue weighted by atomic mass is 9.90. The molecular weight excluding hydrogens is 470 g/mol. The highest BCUT2D eigenvalue weighted by Crippen LogP contribution is 2.47. The normalized spacial score (nSPS) is 21.8. The molecule has 2 aromatic heterocycles. The number of fused-ring (bicyclic) bond motifs is 1. The van der Waals surface area contributed by atoms with E-state index in [2.05, 4.69) is 40.9 Å². The average Bonchev–Trinajstić information content (AvgIpc) is 3.47. The fraction of sp³-hybridized carbons (Fsp3) is 0.444. The van der Waals surface area contributed by atoms with Crippen LogP contribution in [0.3, 0.4) is 0 Å². The van der Waals surface area contributed by atoms with Crippen molar-refractivity contribution in [1.82, 2.24) is 24.5 Å². The van der Waals surface area contributed by atoms with Crippen molar-refractivity contribution >= 4 is 29.2 Å². The maximum absolute atomic E-state index is 9.58. The van der Waals surface area contributed by atoms with Crippen molar-refractivity contribution in [1.29, 1.82) is 5.26 Å². The van der Waals surface area contributed by atoms with Crippen LogP contribution in [0.4, 0.5) is 5.69 Å². The van der Waals surface area contributed by atoms with Crippen molar-refractivity contribution in [2.45, 2.75) is 61.3 Å². The highest BCUT2D eigenvalue weighted by molar-refractivity contribution is 7.99. The summed E-state index contributed by atoms with van der Waals surface area (Å²) >= 11 is 1.67. The molecule has 36 heavy (non-hydrogen) atoms. The molecule has 1 atom stereocenters. The van der Waals surface area contributed by atoms with E-state index in [1.54, 1.807) is 18.0 Å². The van der Waals surface area contributed by atoms with Crippen LogP contribution in [-0.2, 0) is 0 Å². The minimum atomic E-state index is 0.0438. The van der Waals surface area contributed by atoms with Gasteiger partial charge in [-0.05, 0) is 63.8 Å². The third kappa shape index (κ3) is 4.69. The van der Waals surface area contributed by atoms with Crippen LogP contribution in [0, 0.1) is 18.3 Å². The van der Waals surface area contributed by atoms with Crippen LogP contribution in [0.5, 0.6) is 0 Å². The number of nitrogens with two attached hydrogens (primary N) is 1. The van der Waals surface area contributed by atoms with E-state index in [4.69, 9.17) is 10.8 Å². The molecule has 3 aromatic rings. The lowest BCUT2D eigenvalue weighted by Gasteiger charge is -2.35. The quantitative estimate of drug-likeness (QED) is 0.489. The number of hydrogen-bond donors (Lipinski definition) is 2. The Morgan fingerprint density at radius 1 is 1.19 bits per heavy atom. The SMILES string of the molecule is Cc1c(C2=Cn3ncc(N)c3C(Sc3ccccc3C#N)C2)cnn1[C@H]1CC[C@@H](N(C)CCO)CC1. The zero-order chi connectivity index (χ0) is 25.2. The molecule has 0 amide bonds. The van der Waals surface area contributed by atoms with E-state index in [0.29, 0.717) is 23.3 Å². The maximum Gasteiger partial charge on any atom is 0.100 e. The number of anilines is 1. The molecule has 188 valence electrons. The van der Waals surface area contributed by atoms with Gasteiger partial charge in [-0.25, -0.2) is 4.68 Å². The van der Waals surface area contributed by atoms with Crippen LogP contribution in [0.15, 0.2) is 41.6 Å². The van der Waals surface area contributed by atoms with Crippen LogP contribution in [0.2, 0.25) is 0 Å². The molecule has 1 unspecified atom stereocenters. The third-order valence-corrected chi connectivity index (χ3v) is 8.89. The van der Waals surface area contributed by atoms with Gasteiger partial charge in [-0.1, -0.05) is 12.1 Å². The summed E-state index contributed by atoms with van der Waals surface area (Å²) in [6.07, 6.45) is 11.0. The molecule has 0 saturated heterocycles. The van der Waals surface area contributed by atoms with Crippen molar-refractivity contribution in [3.05, 3.63) is 59.2 Å². The van der Waals surface area contributed by atoms with Gasteiger partial charge in [-0.2, -0.15) is 15.5 Å². The number of aliphatic hydroxyl groups is 1. The summed E-state index contributed by atoms with van der Waals surface area (Å²) in [5.41, 5.74) is 12.1. The summed E-state index contributed by atoms with van der Waals surface area (Å²) in [5, 5.41) is 28.2. The first-order chi connectivity index (χ1) is 17.5. The first-order valence-corrected chi connectivity index (χ1v) is 13.4. The second-order valence-corrected chi connectivity index (χ2v) is 11.0. The van der Waals surface area contributed by atoms with E-state index in [1.165, 1.54) is 11.3 Å². The van der Waals surface area contributed by atoms with E-state index >= 15 is 0 Å². The molecule has 2 aliphatic rings. The van der Waals surface area contributed by atoms with Crippen molar-refractivity contribution in [2.24, 2.45) is 0 Å². The van der Waals surface area contributed by atoms with Gasteiger partial charge >= 0.3 is 0 Å². The third-order valence-electron chi connectivity index (χ3n) is 7.61. The highest BCUT2D eigenvalue weighted by Gasteiger charge is 2.30. The van der Waals surface area contributed by atoms with Crippen LogP contribution >= 0.6 is 11.8 Å². The van der Waals surface area contributed by atoms with Crippen LogP contribution in [-0.4, -0.2) is 55.8 Å². The Bertz CT molecular complexity index is 1300. The van der Waals surface area contributed by atoms with E-state index in [-0.39, 0.29) is 11.9 Å². The molecule has 8 nitrogen and oxygen atoms in total. The summed E-state index contributed by atoms with van der Waals surface area (Å²) in [7, 11) is 2.10. The predicted molar refractivity (Wildman–Crippen MR) is 143 cm³/mol. The minimum absolute atomic E-state index is 0.0438. The summed E-state index contributed by atoms with van der Waals surface area (Å²) in [5.74, 6) is 0. The van der Waals surface area contributed by atoms with Crippen molar-refractivity contribution in [3.8, 4) is 6.07 Å². The predicted octanol–water partition coefficient (Wildman–Crippen LogP) is 4.48. The molecule has 1 aliphatic carbocycles. The van der Waals surface area contributed by atoms with Crippen LogP contribution in [0.25, 0.3) is 11.8 Å². The lowest BCUT2D eigenvalue weighted by Crippen LogP contribution is -2.37. The number of rotatable bonds is 7. The molecule has 3 N–H and O–H groups in total. The maximum atomic E-state index is 9.58. The average molecular weight is 504 g/mol. The van der Waals surface area contributed by atoms with Gasteiger partial charge in [0.15, 0.2) is 0 Å². The number of nitriles is 1. The number of hydrogen-bond acceptors (Lipinski definition) is 7. The Labute approximate surface area is 216 Å².